The Balaban J connectivity index is 2.77. The zero-order chi connectivity index (χ0) is 17.1. The molecule has 0 saturated carbocycles. The molecule has 1 heterocycles. The van der Waals surface area contributed by atoms with Crippen molar-refractivity contribution in [1.82, 2.24) is 9.55 Å². The first-order chi connectivity index (χ1) is 11.2. The fourth-order valence-corrected chi connectivity index (χ4v) is 2.26. The number of carbonyl (C=O) groups is 1. The Bertz CT molecular complexity index is 588. The third-order valence-electron chi connectivity index (χ3n) is 3.26. The van der Waals surface area contributed by atoms with Gasteiger partial charge >= 0.3 is 5.97 Å². The van der Waals surface area contributed by atoms with E-state index in [0.717, 1.165) is 18.4 Å². The van der Waals surface area contributed by atoms with Crippen molar-refractivity contribution < 1.29 is 9.53 Å². The van der Waals surface area contributed by atoms with Gasteiger partial charge in [-0.2, -0.15) is 0 Å². The van der Waals surface area contributed by atoms with E-state index in [1.54, 1.807) is 17.6 Å². The van der Waals surface area contributed by atoms with Crippen LogP contribution in [0.25, 0.3) is 0 Å². The lowest BCUT2D eigenvalue weighted by molar-refractivity contribution is -0.147. The van der Waals surface area contributed by atoms with E-state index in [0.29, 0.717) is 13.0 Å². The molecule has 0 aliphatic rings. The predicted octanol–water partition coefficient (Wildman–Crippen LogP) is 4.24. The van der Waals surface area contributed by atoms with Crippen molar-refractivity contribution in [2.24, 2.45) is 5.18 Å². The Kier molecular flexibility index (Phi) is 8.28. The summed E-state index contributed by atoms with van der Waals surface area (Å²) in [6.45, 7) is 7.73. The minimum absolute atomic E-state index is 0.0560. The highest BCUT2D eigenvalue weighted by Gasteiger charge is 2.22. The maximum atomic E-state index is 12.1. The maximum Gasteiger partial charge on any atom is 0.329 e. The van der Waals surface area contributed by atoms with Crippen molar-refractivity contribution in [3.05, 3.63) is 53.9 Å². The van der Waals surface area contributed by atoms with Crippen LogP contribution in [0.3, 0.4) is 0 Å². The summed E-state index contributed by atoms with van der Waals surface area (Å²) in [6, 6.07) is -0.506. The SMILES string of the molecule is C=C/C=C(\C=C/C)CCCC(C(=O)OCC)n1cnc(N=O)c1. The molecular formula is C17H23N3O3. The summed E-state index contributed by atoms with van der Waals surface area (Å²) < 4.78 is 6.70. The van der Waals surface area contributed by atoms with Crippen LogP contribution in [0.15, 0.2) is 54.2 Å². The molecule has 0 bridgehead atoms. The Labute approximate surface area is 136 Å². The monoisotopic (exact) mass is 317 g/mol. The van der Waals surface area contributed by atoms with Gasteiger partial charge in [-0.3, -0.25) is 0 Å². The molecule has 6 heteroatoms. The average molecular weight is 317 g/mol. The molecule has 1 unspecified atom stereocenters. The zero-order valence-electron chi connectivity index (χ0n) is 13.6. The van der Waals surface area contributed by atoms with Crippen LogP contribution in [0.2, 0.25) is 0 Å². The predicted molar refractivity (Wildman–Crippen MR) is 90.3 cm³/mol. The van der Waals surface area contributed by atoms with Gasteiger partial charge in [0, 0.05) is 0 Å². The van der Waals surface area contributed by atoms with E-state index in [9.17, 15) is 9.70 Å². The molecule has 0 amide bonds. The van der Waals surface area contributed by atoms with E-state index in [1.165, 1.54) is 12.5 Å². The number of aromatic nitrogens is 2. The molecule has 1 aromatic heterocycles. The number of hydrogen-bond donors (Lipinski definition) is 0. The highest BCUT2D eigenvalue weighted by molar-refractivity contribution is 5.74. The van der Waals surface area contributed by atoms with Crippen molar-refractivity contribution >= 4 is 11.8 Å². The van der Waals surface area contributed by atoms with Crippen LogP contribution in [0.4, 0.5) is 5.82 Å². The first-order valence-corrected chi connectivity index (χ1v) is 7.64. The Hall–Kier alpha value is -2.50. The highest BCUT2D eigenvalue weighted by atomic mass is 16.5. The van der Waals surface area contributed by atoms with Crippen molar-refractivity contribution in [3.63, 3.8) is 0 Å². The second-order valence-electron chi connectivity index (χ2n) is 4.91. The molecule has 0 saturated heterocycles. The second-order valence-corrected chi connectivity index (χ2v) is 4.91. The first-order valence-electron chi connectivity index (χ1n) is 7.64. The fourth-order valence-electron chi connectivity index (χ4n) is 2.26. The Morgan fingerprint density at radius 1 is 1.57 bits per heavy atom. The minimum atomic E-state index is -0.506. The molecule has 1 aromatic rings. The number of allylic oxidation sites excluding steroid dienone is 5. The van der Waals surface area contributed by atoms with Crippen LogP contribution in [-0.4, -0.2) is 22.1 Å². The standard InChI is InChI=1S/C17H23N3O3/c1-4-8-14(9-5-2)10-7-11-15(17(21)23-6-3)20-12-16(19-22)18-13-20/h4-5,8-9,12-13,15H,1,6-7,10-11H2,2-3H3/b9-5-,14-8+. The molecule has 1 rings (SSSR count). The molecule has 0 aromatic carbocycles. The molecule has 23 heavy (non-hydrogen) atoms. The molecule has 0 aliphatic heterocycles. The largest absolute Gasteiger partial charge is 0.464 e. The number of esters is 1. The lowest BCUT2D eigenvalue weighted by Gasteiger charge is -2.16. The van der Waals surface area contributed by atoms with Gasteiger partial charge in [-0.05, 0) is 43.9 Å². The summed E-state index contributed by atoms with van der Waals surface area (Å²) in [7, 11) is 0. The van der Waals surface area contributed by atoms with Gasteiger partial charge in [0.15, 0.2) is 0 Å². The number of hydrogen-bond acceptors (Lipinski definition) is 5. The smallest absolute Gasteiger partial charge is 0.329 e. The number of nitroso groups, excluding NO2 is 1. The zero-order valence-corrected chi connectivity index (χ0v) is 13.6. The molecule has 0 fully saturated rings. The van der Waals surface area contributed by atoms with E-state index in [4.69, 9.17) is 4.74 Å². The number of ether oxygens (including phenoxy) is 1. The average Bonchev–Trinajstić information content (AvgIpc) is 3.00. The fraction of sp³-hybridized carbons (Fsp3) is 0.412. The van der Waals surface area contributed by atoms with E-state index >= 15 is 0 Å². The van der Waals surface area contributed by atoms with Gasteiger partial charge in [0.2, 0.25) is 5.82 Å². The van der Waals surface area contributed by atoms with Gasteiger partial charge in [-0.1, -0.05) is 30.9 Å². The normalized spacial score (nSPS) is 13.0. The van der Waals surface area contributed by atoms with Crippen LogP contribution in [0.1, 0.15) is 39.2 Å². The summed E-state index contributed by atoms with van der Waals surface area (Å²) in [5.74, 6) is -0.275. The van der Waals surface area contributed by atoms with Gasteiger partial charge in [0.05, 0.1) is 19.1 Å². The molecule has 6 nitrogen and oxygen atoms in total. The van der Waals surface area contributed by atoms with Gasteiger partial charge in [-0.25, -0.2) is 9.78 Å². The van der Waals surface area contributed by atoms with Crippen LogP contribution < -0.4 is 0 Å². The van der Waals surface area contributed by atoms with Crippen LogP contribution in [0, 0.1) is 4.91 Å². The summed E-state index contributed by atoms with van der Waals surface area (Å²) in [5.41, 5.74) is 1.14. The van der Waals surface area contributed by atoms with Crippen LogP contribution in [0.5, 0.6) is 0 Å². The topological polar surface area (TPSA) is 73.6 Å². The van der Waals surface area contributed by atoms with E-state index in [-0.39, 0.29) is 11.8 Å². The van der Waals surface area contributed by atoms with Gasteiger partial charge in [0.25, 0.3) is 0 Å². The maximum absolute atomic E-state index is 12.1. The second kappa shape index (κ2) is 10.3. The van der Waals surface area contributed by atoms with Crippen molar-refractivity contribution in [2.45, 2.75) is 39.2 Å². The van der Waals surface area contributed by atoms with E-state index < -0.39 is 6.04 Å². The number of imidazole rings is 1. The first kappa shape index (κ1) is 18.5. The lowest BCUT2D eigenvalue weighted by atomic mass is 10.0. The molecule has 124 valence electrons. The summed E-state index contributed by atoms with van der Waals surface area (Å²) in [5, 5.41) is 2.77. The summed E-state index contributed by atoms with van der Waals surface area (Å²) in [4.78, 5) is 26.5. The number of carbonyl (C=O) groups excluding carboxylic acids is 1. The van der Waals surface area contributed by atoms with Gasteiger partial charge in [-0.15, -0.1) is 4.91 Å². The summed E-state index contributed by atoms with van der Waals surface area (Å²) >= 11 is 0. The molecule has 1 atom stereocenters. The lowest BCUT2D eigenvalue weighted by Crippen LogP contribution is -2.21. The highest BCUT2D eigenvalue weighted by Crippen LogP contribution is 2.22. The van der Waals surface area contributed by atoms with Crippen molar-refractivity contribution in [3.8, 4) is 0 Å². The summed E-state index contributed by atoms with van der Waals surface area (Å²) in [6.07, 6.45) is 12.8. The Morgan fingerprint density at radius 2 is 2.35 bits per heavy atom. The van der Waals surface area contributed by atoms with Crippen LogP contribution in [-0.2, 0) is 9.53 Å². The molecular weight excluding hydrogens is 294 g/mol. The van der Waals surface area contributed by atoms with E-state index in [2.05, 4.69) is 16.7 Å². The van der Waals surface area contributed by atoms with Crippen LogP contribution >= 0.6 is 0 Å². The van der Waals surface area contributed by atoms with Gasteiger partial charge in [0.1, 0.15) is 6.04 Å². The Morgan fingerprint density at radius 3 is 2.91 bits per heavy atom. The molecule has 0 aliphatic carbocycles. The van der Waals surface area contributed by atoms with Crippen molar-refractivity contribution in [2.75, 3.05) is 6.61 Å². The third-order valence-corrected chi connectivity index (χ3v) is 3.26. The number of rotatable bonds is 10. The van der Waals surface area contributed by atoms with E-state index in [1.807, 2.05) is 25.2 Å². The molecule has 0 spiro atoms. The third kappa shape index (κ3) is 6.02. The minimum Gasteiger partial charge on any atom is -0.464 e. The van der Waals surface area contributed by atoms with Crippen molar-refractivity contribution in [1.29, 1.82) is 0 Å². The molecule has 0 radical (unpaired) electrons. The number of nitrogens with zero attached hydrogens (tertiary/aromatic N) is 3. The quantitative estimate of drug-likeness (QED) is 0.367. The van der Waals surface area contributed by atoms with Gasteiger partial charge < -0.3 is 9.30 Å². The molecule has 0 N–H and O–H groups in total.